The number of aromatic hydroxyl groups is 1. The summed E-state index contributed by atoms with van der Waals surface area (Å²) in [5.74, 6) is -2.36. The molecule has 2 heterocycles. The molecular formula is C9H8FN3O3S. The van der Waals surface area contributed by atoms with E-state index in [1.54, 1.807) is 17.3 Å². The molecule has 17 heavy (non-hydrogen) atoms. The van der Waals surface area contributed by atoms with Crippen molar-refractivity contribution in [3.8, 4) is 5.88 Å². The molecule has 2 aromatic heterocycles. The van der Waals surface area contributed by atoms with E-state index in [1.807, 2.05) is 0 Å². The van der Waals surface area contributed by atoms with E-state index in [1.165, 1.54) is 11.3 Å². The molecule has 0 radical (unpaired) electrons. The smallest absolute Gasteiger partial charge is 0.331 e. The number of thiazole rings is 1. The molecule has 0 spiro atoms. The zero-order valence-corrected chi connectivity index (χ0v) is 9.55. The highest BCUT2D eigenvalue weighted by molar-refractivity contribution is 7.09. The van der Waals surface area contributed by atoms with E-state index in [4.69, 9.17) is 0 Å². The molecule has 0 saturated carbocycles. The lowest BCUT2D eigenvalue weighted by atomic mass is 10.5. The average Bonchev–Trinajstić information content (AvgIpc) is 2.67. The molecule has 0 aromatic carbocycles. The maximum absolute atomic E-state index is 13.1. The van der Waals surface area contributed by atoms with E-state index >= 15 is 0 Å². The maximum Gasteiger partial charge on any atom is 0.331 e. The van der Waals surface area contributed by atoms with Gasteiger partial charge in [0, 0.05) is 11.1 Å². The summed E-state index contributed by atoms with van der Waals surface area (Å²) in [5, 5.41) is 11.7. The quantitative estimate of drug-likeness (QED) is 0.804. The number of aromatic nitrogens is 3. The summed E-state index contributed by atoms with van der Waals surface area (Å²) in [7, 11) is 0. The second-order valence-corrected chi connectivity index (χ2v) is 4.31. The van der Waals surface area contributed by atoms with Crippen LogP contribution in [0.3, 0.4) is 0 Å². The van der Waals surface area contributed by atoms with Gasteiger partial charge < -0.3 is 5.11 Å². The van der Waals surface area contributed by atoms with Gasteiger partial charge in [0.25, 0.3) is 5.56 Å². The molecular weight excluding hydrogens is 249 g/mol. The van der Waals surface area contributed by atoms with Crippen molar-refractivity contribution in [1.82, 2.24) is 14.5 Å². The van der Waals surface area contributed by atoms with E-state index in [0.717, 1.165) is 10.3 Å². The molecule has 0 aliphatic heterocycles. The average molecular weight is 257 g/mol. The largest absolute Gasteiger partial charge is 0.492 e. The second kappa shape index (κ2) is 4.13. The minimum Gasteiger partial charge on any atom is -0.492 e. The first kappa shape index (κ1) is 11.5. The van der Waals surface area contributed by atoms with E-state index in [2.05, 4.69) is 4.98 Å². The van der Waals surface area contributed by atoms with Gasteiger partial charge in [-0.05, 0) is 6.92 Å². The van der Waals surface area contributed by atoms with Crippen molar-refractivity contribution in [2.45, 2.75) is 13.5 Å². The topological polar surface area (TPSA) is 88.0 Å². The fourth-order valence-electron chi connectivity index (χ4n) is 1.29. The number of H-pyrrole nitrogens is 1. The molecule has 0 aliphatic rings. The van der Waals surface area contributed by atoms with Crippen LogP contribution in [0, 0.1) is 12.7 Å². The van der Waals surface area contributed by atoms with Gasteiger partial charge in [-0.1, -0.05) is 0 Å². The van der Waals surface area contributed by atoms with E-state index in [-0.39, 0.29) is 6.54 Å². The monoisotopic (exact) mass is 257 g/mol. The Morgan fingerprint density at radius 2 is 2.29 bits per heavy atom. The molecule has 6 nitrogen and oxygen atoms in total. The van der Waals surface area contributed by atoms with Crippen LogP contribution in [0.2, 0.25) is 0 Å². The predicted octanol–water partition coefficient (Wildman–Crippen LogP) is 0.195. The van der Waals surface area contributed by atoms with Gasteiger partial charge in [-0.2, -0.15) is 4.39 Å². The summed E-state index contributed by atoms with van der Waals surface area (Å²) in [6.07, 6.45) is 0. The molecule has 0 saturated heterocycles. The van der Waals surface area contributed by atoms with Crippen LogP contribution in [0.5, 0.6) is 5.88 Å². The van der Waals surface area contributed by atoms with Crippen molar-refractivity contribution in [1.29, 1.82) is 0 Å². The Hall–Kier alpha value is -1.96. The highest BCUT2D eigenvalue weighted by Crippen LogP contribution is 2.13. The number of nitrogens with zero attached hydrogens (tertiary/aromatic N) is 2. The Balaban J connectivity index is 2.50. The molecule has 0 aliphatic carbocycles. The van der Waals surface area contributed by atoms with Gasteiger partial charge in [0.15, 0.2) is 0 Å². The SMILES string of the molecule is Cc1csc(Cn2c(O)c(F)c(=O)[nH]c2=O)n1. The van der Waals surface area contributed by atoms with Crippen LogP contribution in [0.25, 0.3) is 0 Å². The number of halogens is 1. The minimum absolute atomic E-state index is 0.0864. The minimum atomic E-state index is -1.38. The predicted molar refractivity (Wildman–Crippen MR) is 58.9 cm³/mol. The molecule has 0 fully saturated rings. The Labute approximate surface area is 98.0 Å². The number of hydrogen-bond donors (Lipinski definition) is 2. The highest BCUT2D eigenvalue weighted by Gasteiger charge is 2.14. The van der Waals surface area contributed by atoms with Crippen LogP contribution in [0.15, 0.2) is 15.0 Å². The van der Waals surface area contributed by atoms with Gasteiger partial charge in [-0.3, -0.25) is 14.3 Å². The normalized spacial score (nSPS) is 10.7. The summed E-state index contributed by atoms with van der Waals surface area (Å²) in [4.78, 5) is 28.1. The summed E-state index contributed by atoms with van der Waals surface area (Å²) in [5.41, 5.74) is -1.34. The lowest BCUT2D eigenvalue weighted by Gasteiger charge is -2.05. The zero-order valence-electron chi connectivity index (χ0n) is 8.73. The second-order valence-electron chi connectivity index (χ2n) is 3.37. The first-order chi connectivity index (χ1) is 7.99. The third-order valence-corrected chi connectivity index (χ3v) is 3.03. The summed E-state index contributed by atoms with van der Waals surface area (Å²) in [6.45, 7) is 1.69. The van der Waals surface area contributed by atoms with Crippen molar-refractivity contribution in [3.05, 3.63) is 42.7 Å². The number of hydrogen-bond acceptors (Lipinski definition) is 5. The molecule has 2 N–H and O–H groups in total. The fraction of sp³-hybridized carbons (Fsp3) is 0.222. The first-order valence-electron chi connectivity index (χ1n) is 4.61. The fourth-order valence-corrected chi connectivity index (χ4v) is 2.05. The van der Waals surface area contributed by atoms with E-state index in [9.17, 15) is 19.1 Å². The van der Waals surface area contributed by atoms with Gasteiger partial charge in [0.1, 0.15) is 5.01 Å². The van der Waals surface area contributed by atoms with Crippen LogP contribution in [-0.2, 0) is 6.54 Å². The molecule has 2 aromatic rings. The third kappa shape index (κ3) is 2.11. The first-order valence-corrected chi connectivity index (χ1v) is 5.49. The van der Waals surface area contributed by atoms with Gasteiger partial charge in [-0.25, -0.2) is 9.78 Å². The molecule has 8 heteroatoms. The lowest BCUT2D eigenvalue weighted by Crippen LogP contribution is -2.32. The van der Waals surface area contributed by atoms with Crippen molar-refractivity contribution in [2.75, 3.05) is 0 Å². The van der Waals surface area contributed by atoms with Crippen LogP contribution in [-0.4, -0.2) is 19.6 Å². The van der Waals surface area contributed by atoms with Gasteiger partial charge in [0.05, 0.1) is 6.54 Å². The van der Waals surface area contributed by atoms with E-state index in [0.29, 0.717) is 5.01 Å². The molecule has 0 unspecified atom stereocenters. The number of aromatic amines is 1. The molecule has 0 amide bonds. The van der Waals surface area contributed by atoms with Crippen molar-refractivity contribution in [2.24, 2.45) is 0 Å². The van der Waals surface area contributed by atoms with Crippen LogP contribution < -0.4 is 11.2 Å². The molecule has 0 atom stereocenters. The van der Waals surface area contributed by atoms with E-state index < -0.39 is 22.9 Å². The Kier molecular flexibility index (Phi) is 2.80. The summed E-state index contributed by atoms with van der Waals surface area (Å²) >= 11 is 1.28. The molecule has 2 rings (SSSR count). The van der Waals surface area contributed by atoms with Crippen molar-refractivity contribution in [3.63, 3.8) is 0 Å². The highest BCUT2D eigenvalue weighted by atomic mass is 32.1. The van der Waals surface area contributed by atoms with Crippen LogP contribution >= 0.6 is 11.3 Å². The van der Waals surface area contributed by atoms with Crippen molar-refractivity contribution < 1.29 is 9.50 Å². The van der Waals surface area contributed by atoms with Crippen LogP contribution in [0.4, 0.5) is 4.39 Å². The maximum atomic E-state index is 13.1. The van der Waals surface area contributed by atoms with Gasteiger partial charge in [0.2, 0.25) is 11.7 Å². The van der Waals surface area contributed by atoms with Gasteiger partial charge >= 0.3 is 5.69 Å². The van der Waals surface area contributed by atoms with Crippen LogP contribution in [0.1, 0.15) is 10.7 Å². The summed E-state index contributed by atoms with van der Waals surface area (Å²) in [6, 6.07) is 0. The van der Waals surface area contributed by atoms with Crippen molar-refractivity contribution >= 4 is 11.3 Å². The number of aryl methyl sites for hydroxylation is 1. The number of nitrogens with one attached hydrogen (secondary N) is 1. The number of rotatable bonds is 2. The Morgan fingerprint density at radius 3 is 2.88 bits per heavy atom. The molecule has 90 valence electrons. The van der Waals surface area contributed by atoms with Gasteiger partial charge in [-0.15, -0.1) is 11.3 Å². The third-order valence-electron chi connectivity index (χ3n) is 2.08. The standard InChI is InChI=1S/C9H8FN3O3S/c1-4-3-17-5(11-4)2-13-8(15)6(10)7(14)12-9(13)16/h3,15H,2H2,1H3,(H,12,14,16). The summed E-state index contributed by atoms with van der Waals surface area (Å²) < 4.78 is 13.8. The lowest BCUT2D eigenvalue weighted by molar-refractivity contribution is 0.367. The Morgan fingerprint density at radius 1 is 1.59 bits per heavy atom. The zero-order chi connectivity index (χ0) is 12.6. The Bertz CT molecular complexity index is 673. The molecule has 0 bridgehead atoms.